The molecule has 0 aliphatic heterocycles. The second kappa shape index (κ2) is 8.21. The van der Waals surface area contributed by atoms with Crippen LogP contribution in [0, 0.1) is 12.7 Å². The van der Waals surface area contributed by atoms with E-state index in [1.54, 1.807) is 39.0 Å². The van der Waals surface area contributed by atoms with Gasteiger partial charge in [-0.1, -0.05) is 29.1 Å². The number of ether oxygens (including phenoxy) is 1. The summed E-state index contributed by atoms with van der Waals surface area (Å²) in [4.78, 5) is 12.2. The van der Waals surface area contributed by atoms with Crippen molar-refractivity contribution in [1.29, 1.82) is 0 Å². The molecule has 2 unspecified atom stereocenters. The maximum atomic E-state index is 13.7. The number of para-hydroxylation sites is 1. The first-order chi connectivity index (χ1) is 12.9. The lowest BCUT2D eigenvalue weighted by molar-refractivity contribution is -0.115. The minimum Gasteiger partial charge on any atom is -0.478 e. The standard InChI is InChI=1S/C17H17FN4O4S/c1-9-8-14(22-26-9)19-15(23)11(3)27-17-21-20-16(25-17)10(2)24-13-7-5-4-6-12(13)18/h4-8,10-11H,1-3H3,(H,19,22,23). The van der Waals surface area contributed by atoms with Gasteiger partial charge < -0.3 is 19.0 Å². The summed E-state index contributed by atoms with van der Waals surface area (Å²) in [5.74, 6) is 0.433. The van der Waals surface area contributed by atoms with Gasteiger partial charge in [0.25, 0.3) is 11.1 Å². The number of aromatic nitrogens is 3. The van der Waals surface area contributed by atoms with Crippen molar-refractivity contribution < 1.29 is 22.9 Å². The third kappa shape index (κ3) is 4.85. The number of nitrogens with one attached hydrogen (secondary N) is 1. The highest BCUT2D eigenvalue weighted by Gasteiger charge is 2.22. The van der Waals surface area contributed by atoms with Gasteiger partial charge in [0.15, 0.2) is 23.5 Å². The van der Waals surface area contributed by atoms with Crippen molar-refractivity contribution in [3.63, 3.8) is 0 Å². The first-order valence-corrected chi connectivity index (χ1v) is 8.95. The molecule has 0 bridgehead atoms. The number of aryl methyl sites for hydroxylation is 1. The van der Waals surface area contributed by atoms with Crippen LogP contribution in [-0.4, -0.2) is 26.5 Å². The van der Waals surface area contributed by atoms with Crippen LogP contribution < -0.4 is 10.1 Å². The normalized spacial score (nSPS) is 13.2. The molecule has 0 aliphatic rings. The minimum absolute atomic E-state index is 0.0908. The maximum Gasteiger partial charge on any atom is 0.277 e. The number of carbonyl (C=O) groups is 1. The zero-order chi connectivity index (χ0) is 19.4. The fraction of sp³-hybridized carbons (Fsp3) is 0.294. The number of halogens is 1. The number of anilines is 1. The van der Waals surface area contributed by atoms with E-state index in [9.17, 15) is 9.18 Å². The quantitative estimate of drug-likeness (QED) is 0.606. The molecule has 1 aromatic carbocycles. The molecular weight excluding hydrogens is 375 g/mol. The van der Waals surface area contributed by atoms with Crippen molar-refractivity contribution in [1.82, 2.24) is 15.4 Å². The molecule has 1 amide bonds. The number of amides is 1. The number of hydrogen-bond acceptors (Lipinski definition) is 8. The summed E-state index contributed by atoms with van der Waals surface area (Å²) in [5.41, 5.74) is 0. The summed E-state index contributed by atoms with van der Waals surface area (Å²) >= 11 is 1.09. The lowest BCUT2D eigenvalue weighted by Crippen LogP contribution is -2.22. The fourth-order valence-electron chi connectivity index (χ4n) is 2.07. The smallest absolute Gasteiger partial charge is 0.277 e. The van der Waals surface area contributed by atoms with Crippen LogP contribution in [0.5, 0.6) is 5.75 Å². The van der Waals surface area contributed by atoms with Gasteiger partial charge in [-0.15, -0.1) is 10.2 Å². The molecular formula is C17H17FN4O4S. The highest BCUT2D eigenvalue weighted by Crippen LogP contribution is 2.27. The average molecular weight is 392 g/mol. The third-order valence-corrected chi connectivity index (χ3v) is 4.37. The predicted octanol–water partition coefficient (Wildman–Crippen LogP) is 3.76. The molecule has 2 heterocycles. The van der Waals surface area contributed by atoms with Gasteiger partial charge in [0.1, 0.15) is 5.76 Å². The second-order valence-electron chi connectivity index (χ2n) is 5.67. The highest BCUT2D eigenvalue weighted by molar-refractivity contribution is 8.00. The van der Waals surface area contributed by atoms with E-state index < -0.39 is 17.2 Å². The molecule has 1 N–H and O–H groups in total. The third-order valence-electron chi connectivity index (χ3n) is 3.44. The molecule has 8 nitrogen and oxygen atoms in total. The minimum atomic E-state index is -0.647. The lowest BCUT2D eigenvalue weighted by atomic mass is 10.3. The van der Waals surface area contributed by atoms with Crippen molar-refractivity contribution in [3.05, 3.63) is 47.8 Å². The zero-order valence-corrected chi connectivity index (χ0v) is 15.6. The number of carbonyl (C=O) groups excluding carboxylic acids is 1. The Labute approximate surface area is 158 Å². The van der Waals surface area contributed by atoms with Crippen LogP contribution >= 0.6 is 11.8 Å². The summed E-state index contributed by atoms with van der Waals surface area (Å²) in [6.45, 7) is 5.08. The van der Waals surface area contributed by atoms with Crippen molar-refractivity contribution in [2.75, 3.05) is 5.32 Å². The van der Waals surface area contributed by atoms with E-state index >= 15 is 0 Å². The summed E-state index contributed by atoms with van der Waals surface area (Å²) in [6.07, 6.45) is -0.647. The highest BCUT2D eigenvalue weighted by atomic mass is 32.2. The fourth-order valence-corrected chi connectivity index (χ4v) is 2.76. The molecule has 2 aromatic heterocycles. The SMILES string of the molecule is Cc1cc(NC(=O)C(C)Sc2nnc(C(C)Oc3ccccc3F)o2)no1. The van der Waals surface area contributed by atoms with Crippen molar-refractivity contribution in [2.24, 2.45) is 0 Å². The van der Waals surface area contributed by atoms with Crippen LogP contribution in [0.15, 0.2) is 44.5 Å². The number of nitrogens with zero attached hydrogens (tertiary/aromatic N) is 3. The molecule has 142 valence electrons. The van der Waals surface area contributed by atoms with Crippen LogP contribution in [0.4, 0.5) is 10.2 Å². The van der Waals surface area contributed by atoms with Gasteiger partial charge in [-0.3, -0.25) is 4.79 Å². The molecule has 3 rings (SSSR count). The van der Waals surface area contributed by atoms with Crippen LogP contribution in [0.1, 0.15) is 31.6 Å². The van der Waals surface area contributed by atoms with E-state index in [1.807, 2.05) is 0 Å². The Kier molecular flexibility index (Phi) is 5.75. The number of rotatable bonds is 7. The Hall–Kier alpha value is -2.88. The van der Waals surface area contributed by atoms with Crippen molar-refractivity contribution in [3.8, 4) is 5.75 Å². The summed E-state index contributed by atoms with van der Waals surface area (Å²) in [5, 5.41) is 13.8. The van der Waals surface area contributed by atoms with Crippen molar-refractivity contribution in [2.45, 2.75) is 37.3 Å². The molecule has 0 spiro atoms. The molecule has 3 aromatic rings. The number of thioether (sulfide) groups is 1. The molecule has 0 saturated carbocycles. The van der Waals surface area contributed by atoms with E-state index in [0.29, 0.717) is 11.6 Å². The van der Waals surface area contributed by atoms with Crippen LogP contribution in [0.3, 0.4) is 0 Å². The Morgan fingerprint density at radius 3 is 2.78 bits per heavy atom. The average Bonchev–Trinajstić information content (AvgIpc) is 3.26. The molecule has 0 radical (unpaired) electrons. The largest absolute Gasteiger partial charge is 0.478 e. The van der Waals surface area contributed by atoms with Gasteiger partial charge in [0.2, 0.25) is 5.91 Å². The van der Waals surface area contributed by atoms with E-state index in [2.05, 4.69) is 20.7 Å². The molecule has 2 atom stereocenters. The van der Waals surface area contributed by atoms with E-state index in [-0.39, 0.29) is 22.8 Å². The Balaban J connectivity index is 1.58. The summed E-state index contributed by atoms with van der Waals surface area (Å²) in [6, 6.07) is 7.66. The van der Waals surface area contributed by atoms with Crippen LogP contribution in [-0.2, 0) is 4.79 Å². The monoisotopic (exact) mass is 392 g/mol. The molecule has 10 heteroatoms. The van der Waals surface area contributed by atoms with E-state index in [1.165, 1.54) is 12.1 Å². The van der Waals surface area contributed by atoms with Gasteiger partial charge in [-0.05, 0) is 32.9 Å². The molecule has 0 aliphatic carbocycles. The zero-order valence-electron chi connectivity index (χ0n) is 14.8. The van der Waals surface area contributed by atoms with Gasteiger partial charge in [0, 0.05) is 6.07 Å². The Bertz CT molecular complexity index is 929. The van der Waals surface area contributed by atoms with Crippen molar-refractivity contribution >= 4 is 23.5 Å². The maximum absolute atomic E-state index is 13.7. The van der Waals surface area contributed by atoms with Gasteiger partial charge in [0.05, 0.1) is 5.25 Å². The molecule has 0 saturated heterocycles. The van der Waals surface area contributed by atoms with E-state index in [4.69, 9.17) is 13.7 Å². The van der Waals surface area contributed by atoms with Crippen LogP contribution in [0.2, 0.25) is 0 Å². The number of benzene rings is 1. The van der Waals surface area contributed by atoms with E-state index in [0.717, 1.165) is 11.8 Å². The molecule has 0 fully saturated rings. The van der Waals surface area contributed by atoms with Crippen LogP contribution in [0.25, 0.3) is 0 Å². The Morgan fingerprint density at radius 1 is 1.30 bits per heavy atom. The lowest BCUT2D eigenvalue weighted by Gasteiger charge is -2.11. The van der Waals surface area contributed by atoms with Gasteiger partial charge in [-0.2, -0.15) is 0 Å². The topological polar surface area (TPSA) is 103 Å². The summed E-state index contributed by atoms with van der Waals surface area (Å²) in [7, 11) is 0. The van der Waals surface area contributed by atoms with Gasteiger partial charge in [-0.25, -0.2) is 4.39 Å². The predicted molar refractivity (Wildman–Crippen MR) is 94.9 cm³/mol. The molecule has 27 heavy (non-hydrogen) atoms. The number of hydrogen-bond donors (Lipinski definition) is 1. The Morgan fingerprint density at radius 2 is 2.07 bits per heavy atom. The summed E-state index contributed by atoms with van der Waals surface area (Å²) < 4.78 is 29.6. The first kappa shape index (κ1) is 18.9. The first-order valence-electron chi connectivity index (χ1n) is 8.08. The second-order valence-corrected chi connectivity index (χ2v) is 6.96. The van der Waals surface area contributed by atoms with Gasteiger partial charge >= 0.3 is 0 Å².